The highest BCUT2D eigenvalue weighted by Gasteiger charge is 2.24. The van der Waals surface area contributed by atoms with Gasteiger partial charge in [-0.2, -0.15) is 0 Å². The Bertz CT molecular complexity index is 253. The first-order chi connectivity index (χ1) is 7.65. The van der Waals surface area contributed by atoms with Crippen molar-refractivity contribution in [1.29, 1.82) is 0 Å². The summed E-state index contributed by atoms with van der Waals surface area (Å²) >= 11 is 0. The first-order valence-electron chi connectivity index (χ1n) is 6.02. The highest BCUT2D eigenvalue weighted by Crippen LogP contribution is 2.08. The summed E-state index contributed by atoms with van der Waals surface area (Å²) in [5.74, 6) is 0. The van der Waals surface area contributed by atoms with E-state index in [4.69, 9.17) is 0 Å². The molecule has 0 aromatic rings. The second-order valence-electron chi connectivity index (χ2n) is 4.31. The minimum Gasteiger partial charge on any atom is -0.389 e. The molecule has 1 fully saturated rings. The van der Waals surface area contributed by atoms with E-state index in [0.717, 1.165) is 19.3 Å². The zero-order chi connectivity index (χ0) is 12.0. The highest BCUT2D eigenvalue weighted by atomic mass is 16.3. The summed E-state index contributed by atoms with van der Waals surface area (Å²) in [6.45, 7) is 2.78. The van der Waals surface area contributed by atoms with Gasteiger partial charge in [0.25, 0.3) is 0 Å². The third-order valence-corrected chi connectivity index (χ3v) is 2.94. The number of nitrogens with zero attached hydrogens (tertiary/aromatic N) is 1. The van der Waals surface area contributed by atoms with Gasteiger partial charge in [-0.05, 0) is 6.42 Å². The molecule has 0 saturated carbocycles. The Kier molecular flexibility index (Phi) is 5.32. The van der Waals surface area contributed by atoms with Gasteiger partial charge in [-0.15, -0.1) is 0 Å². The van der Waals surface area contributed by atoms with E-state index in [2.05, 4.69) is 12.2 Å². The molecule has 0 aromatic carbocycles. The topological polar surface area (TPSA) is 52.6 Å². The monoisotopic (exact) mass is 226 g/mol. The lowest BCUT2D eigenvalue weighted by Gasteiger charge is -2.14. The second-order valence-corrected chi connectivity index (χ2v) is 4.31. The number of amides is 2. The summed E-state index contributed by atoms with van der Waals surface area (Å²) < 4.78 is 0. The summed E-state index contributed by atoms with van der Waals surface area (Å²) in [5.41, 5.74) is 0. The van der Waals surface area contributed by atoms with Crippen LogP contribution in [0.3, 0.4) is 0 Å². The van der Waals surface area contributed by atoms with Crippen molar-refractivity contribution < 1.29 is 9.90 Å². The van der Waals surface area contributed by atoms with E-state index in [0.29, 0.717) is 6.54 Å². The Hall–Kier alpha value is -1.03. The SMILES string of the molecule is CCCCCC(O)C=CC1CNC(=O)N1C. The third-order valence-electron chi connectivity index (χ3n) is 2.94. The number of carbonyl (C=O) groups is 1. The van der Waals surface area contributed by atoms with Crippen LogP contribution in [-0.2, 0) is 0 Å². The number of nitrogens with one attached hydrogen (secondary N) is 1. The van der Waals surface area contributed by atoms with E-state index in [1.807, 2.05) is 6.08 Å². The van der Waals surface area contributed by atoms with Crippen molar-refractivity contribution >= 4 is 6.03 Å². The van der Waals surface area contributed by atoms with Crippen molar-refractivity contribution in [3.63, 3.8) is 0 Å². The lowest BCUT2D eigenvalue weighted by Crippen LogP contribution is -2.28. The van der Waals surface area contributed by atoms with Gasteiger partial charge in [0.2, 0.25) is 0 Å². The largest absolute Gasteiger partial charge is 0.389 e. The van der Waals surface area contributed by atoms with Crippen LogP contribution in [0.25, 0.3) is 0 Å². The quantitative estimate of drug-likeness (QED) is 0.533. The minimum absolute atomic E-state index is 0.0462. The smallest absolute Gasteiger partial charge is 0.317 e. The fourth-order valence-corrected chi connectivity index (χ4v) is 1.76. The highest BCUT2D eigenvalue weighted by molar-refractivity contribution is 5.76. The van der Waals surface area contributed by atoms with Crippen LogP contribution in [0.1, 0.15) is 32.6 Å². The number of unbranched alkanes of at least 4 members (excludes halogenated alkanes) is 2. The average molecular weight is 226 g/mol. The van der Waals surface area contributed by atoms with Gasteiger partial charge in [0, 0.05) is 13.6 Å². The van der Waals surface area contributed by atoms with Gasteiger partial charge in [0.15, 0.2) is 0 Å². The standard InChI is InChI=1S/C12H22N2O2/c1-3-4-5-6-11(15)8-7-10-9-13-12(16)14(10)2/h7-8,10-11,15H,3-6,9H2,1-2H3,(H,13,16). The van der Waals surface area contributed by atoms with Crippen LogP contribution in [0.5, 0.6) is 0 Å². The maximum absolute atomic E-state index is 11.2. The van der Waals surface area contributed by atoms with E-state index in [1.54, 1.807) is 18.0 Å². The molecular formula is C12H22N2O2. The second kappa shape index (κ2) is 6.53. The van der Waals surface area contributed by atoms with Crippen molar-refractivity contribution in [1.82, 2.24) is 10.2 Å². The zero-order valence-corrected chi connectivity index (χ0v) is 10.1. The van der Waals surface area contributed by atoms with Crippen molar-refractivity contribution in [3.05, 3.63) is 12.2 Å². The minimum atomic E-state index is -0.379. The molecule has 2 N–H and O–H groups in total. The van der Waals surface area contributed by atoms with Gasteiger partial charge in [-0.25, -0.2) is 4.79 Å². The first-order valence-corrected chi connectivity index (χ1v) is 6.02. The number of urea groups is 1. The summed E-state index contributed by atoms with van der Waals surface area (Å²) in [7, 11) is 1.76. The molecule has 1 rings (SSSR count). The predicted octanol–water partition coefficient (Wildman–Crippen LogP) is 1.51. The number of hydrogen-bond acceptors (Lipinski definition) is 2. The number of aliphatic hydroxyl groups is 1. The number of hydrogen-bond donors (Lipinski definition) is 2. The molecule has 4 heteroatoms. The first kappa shape index (κ1) is 13.0. The fourth-order valence-electron chi connectivity index (χ4n) is 1.76. The molecule has 0 bridgehead atoms. The van der Waals surface area contributed by atoms with Crippen LogP contribution in [0, 0.1) is 0 Å². The Morgan fingerprint density at radius 1 is 1.62 bits per heavy atom. The molecule has 92 valence electrons. The van der Waals surface area contributed by atoms with Gasteiger partial charge in [0.1, 0.15) is 0 Å². The zero-order valence-electron chi connectivity index (χ0n) is 10.1. The van der Waals surface area contributed by atoms with E-state index in [-0.39, 0.29) is 18.2 Å². The summed E-state index contributed by atoms with van der Waals surface area (Å²) in [5, 5.41) is 12.4. The molecule has 1 saturated heterocycles. The number of rotatable bonds is 6. The number of carbonyl (C=O) groups excluding carboxylic acids is 1. The van der Waals surface area contributed by atoms with E-state index in [9.17, 15) is 9.90 Å². The van der Waals surface area contributed by atoms with Gasteiger partial charge < -0.3 is 15.3 Å². The molecule has 2 atom stereocenters. The van der Waals surface area contributed by atoms with Gasteiger partial charge in [-0.3, -0.25) is 0 Å². The Morgan fingerprint density at radius 2 is 2.38 bits per heavy atom. The van der Waals surface area contributed by atoms with Gasteiger partial charge >= 0.3 is 6.03 Å². The van der Waals surface area contributed by atoms with Crippen LogP contribution in [0.15, 0.2) is 12.2 Å². The van der Waals surface area contributed by atoms with Crippen molar-refractivity contribution in [3.8, 4) is 0 Å². The van der Waals surface area contributed by atoms with E-state index in [1.165, 1.54) is 6.42 Å². The lowest BCUT2D eigenvalue weighted by atomic mass is 10.1. The van der Waals surface area contributed by atoms with Crippen LogP contribution in [0.4, 0.5) is 4.79 Å². The maximum atomic E-state index is 11.2. The molecule has 0 spiro atoms. The van der Waals surface area contributed by atoms with Crippen LogP contribution >= 0.6 is 0 Å². The van der Waals surface area contributed by atoms with Gasteiger partial charge in [0.05, 0.1) is 12.1 Å². The van der Waals surface area contributed by atoms with Crippen LogP contribution in [0.2, 0.25) is 0 Å². The maximum Gasteiger partial charge on any atom is 0.317 e. The Morgan fingerprint density at radius 3 is 2.94 bits per heavy atom. The fraction of sp³-hybridized carbons (Fsp3) is 0.750. The molecular weight excluding hydrogens is 204 g/mol. The predicted molar refractivity (Wildman–Crippen MR) is 64.2 cm³/mol. The van der Waals surface area contributed by atoms with Crippen molar-refractivity contribution in [2.75, 3.05) is 13.6 Å². The average Bonchev–Trinajstić information content (AvgIpc) is 2.58. The summed E-state index contributed by atoms with van der Waals surface area (Å²) in [6.07, 6.45) is 7.53. The van der Waals surface area contributed by atoms with Gasteiger partial charge in [-0.1, -0.05) is 38.3 Å². The van der Waals surface area contributed by atoms with E-state index >= 15 is 0 Å². The summed E-state index contributed by atoms with van der Waals surface area (Å²) in [6, 6.07) is 0.0310. The Labute approximate surface area is 97.3 Å². The third kappa shape index (κ3) is 3.85. The van der Waals surface area contributed by atoms with Crippen LogP contribution < -0.4 is 5.32 Å². The molecule has 2 unspecified atom stereocenters. The van der Waals surface area contributed by atoms with Crippen molar-refractivity contribution in [2.45, 2.75) is 44.8 Å². The lowest BCUT2D eigenvalue weighted by molar-refractivity contribution is 0.206. The molecule has 1 heterocycles. The molecule has 0 radical (unpaired) electrons. The molecule has 1 aliphatic rings. The number of aliphatic hydroxyl groups excluding tert-OH is 1. The van der Waals surface area contributed by atoms with Crippen LogP contribution in [-0.4, -0.2) is 41.8 Å². The molecule has 0 aliphatic carbocycles. The van der Waals surface area contributed by atoms with E-state index < -0.39 is 0 Å². The van der Waals surface area contributed by atoms with Crippen molar-refractivity contribution in [2.24, 2.45) is 0 Å². The molecule has 16 heavy (non-hydrogen) atoms. The summed E-state index contributed by atoms with van der Waals surface area (Å²) in [4.78, 5) is 12.8. The molecule has 1 aliphatic heterocycles. The molecule has 0 aromatic heterocycles. The number of likely N-dealkylation sites (N-methyl/N-ethyl adjacent to an activating group) is 1. The molecule has 4 nitrogen and oxygen atoms in total. The normalized spacial score (nSPS) is 22.8. The Balaban J connectivity index is 2.27. The molecule has 2 amide bonds.